The first-order valence-corrected chi connectivity index (χ1v) is 10.5. The number of rotatable bonds is 2. The van der Waals surface area contributed by atoms with Crippen molar-refractivity contribution in [2.75, 3.05) is 0 Å². The van der Waals surface area contributed by atoms with Crippen LogP contribution in [0.5, 0.6) is 0 Å². The topological polar surface area (TPSA) is 17.8 Å². The lowest BCUT2D eigenvalue weighted by molar-refractivity contribution is 0.403. The van der Waals surface area contributed by atoms with Crippen molar-refractivity contribution >= 4 is 11.0 Å². The first kappa shape index (κ1) is 18.2. The van der Waals surface area contributed by atoms with Gasteiger partial charge in [0, 0.05) is 11.3 Å². The van der Waals surface area contributed by atoms with Gasteiger partial charge in [0.25, 0.3) is 0 Å². The Kier molecular flexibility index (Phi) is 3.80. The number of benzene rings is 3. The lowest BCUT2D eigenvalue weighted by Gasteiger charge is -2.23. The molecule has 1 heterocycles. The highest BCUT2D eigenvalue weighted by atomic mass is 15.1. The van der Waals surface area contributed by atoms with Crippen LogP contribution in [0.3, 0.4) is 0 Å². The number of fused-ring (bicyclic) bond motifs is 3. The van der Waals surface area contributed by atoms with Gasteiger partial charge in [0.05, 0.1) is 11.0 Å². The molecule has 0 atom stereocenters. The number of para-hydroxylation sites is 1. The zero-order valence-electron chi connectivity index (χ0n) is 18.0. The van der Waals surface area contributed by atoms with E-state index in [4.69, 9.17) is 4.98 Å². The number of nitrogens with zero attached hydrogens (tertiary/aromatic N) is 2. The van der Waals surface area contributed by atoms with E-state index in [0.717, 1.165) is 23.3 Å². The Hall–Kier alpha value is -2.87. The third-order valence-corrected chi connectivity index (χ3v) is 6.42. The summed E-state index contributed by atoms with van der Waals surface area (Å²) in [5.74, 6) is 1.01. The molecule has 2 heteroatoms. The Bertz CT molecular complexity index is 1210. The first-order valence-electron chi connectivity index (χ1n) is 10.5. The summed E-state index contributed by atoms with van der Waals surface area (Å²) in [6, 6.07) is 23.5. The van der Waals surface area contributed by atoms with E-state index >= 15 is 0 Å². The quantitative estimate of drug-likeness (QED) is 0.367. The van der Waals surface area contributed by atoms with Crippen LogP contribution in [0.1, 0.15) is 50.8 Å². The van der Waals surface area contributed by atoms with Crippen LogP contribution in [0.2, 0.25) is 0 Å². The number of hydrogen-bond donors (Lipinski definition) is 0. The van der Waals surface area contributed by atoms with Crippen molar-refractivity contribution in [3.8, 4) is 17.1 Å². The molecule has 0 unspecified atom stereocenters. The van der Waals surface area contributed by atoms with Crippen molar-refractivity contribution in [3.63, 3.8) is 0 Å². The van der Waals surface area contributed by atoms with Crippen molar-refractivity contribution in [1.82, 2.24) is 9.55 Å². The maximum Gasteiger partial charge on any atom is 0.145 e. The van der Waals surface area contributed by atoms with Gasteiger partial charge in [0.2, 0.25) is 0 Å². The van der Waals surface area contributed by atoms with Gasteiger partial charge in [0.15, 0.2) is 0 Å². The van der Waals surface area contributed by atoms with Gasteiger partial charge >= 0.3 is 0 Å². The third-order valence-electron chi connectivity index (χ3n) is 6.42. The van der Waals surface area contributed by atoms with Gasteiger partial charge in [-0.1, -0.05) is 76.2 Å². The fourth-order valence-corrected chi connectivity index (χ4v) is 5.79. The van der Waals surface area contributed by atoms with Crippen molar-refractivity contribution < 1.29 is 0 Å². The molecule has 0 saturated carbocycles. The van der Waals surface area contributed by atoms with Crippen LogP contribution in [0, 0.1) is 6.92 Å². The molecule has 3 aromatic carbocycles. The van der Waals surface area contributed by atoms with Crippen LogP contribution in [0.15, 0.2) is 66.7 Å². The Morgan fingerprint density at radius 3 is 2.03 bits per heavy atom. The summed E-state index contributed by atoms with van der Waals surface area (Å²) >= 11 is 0. The second kappa shape index (κ2) is 6.06. The average Bonchev–Trinajstić information content (AvgIpc) is 3.14. The lowest BCUT2D eigenvalue weighted by Crippen LogP contribution is -2.18. The molecule has 1 aliphatic rings. The molecule has 0 fully saturated rings. The van der Waals surface area contributed by atoms with Gasteiger partial charge < -0.3 is 0 Å². The number of hydrogen-bond acceptors (Lipinski definition) is 1. The van der Waals surface area contributed by atoms with E-state index in [-0.39, 0.29) is 10.8 Å². The molecule has 0 bridgehead atoms. The Morgan fingerprint density at radius 2 is 1.38 bits per heavy atom. The zero-order valence-corrected chi connectivity index (χ0v) is 18.0. The highest BCUT2D eigenvalue weighted by Crippen LogP contribution is 2.53. The molecule has 29 heavy (non-hydrogen) atoms. The van der Waals surface area contributed by atoms with E-state index in [2.05, 4.69) is 106 Å². The second-order valence-electron chi connectivity index (χ2n) is 9.73. The van der Waals surface area contributed by atoms with Crippen molar-refractivity contribution in [2.24, 2.45) is 0 Å². The fourth-order valence-electron chi connectivity index (χ4n) is 5.79. The normalized spacial score (nSPS) is 16.9. The van der Waals surface area contributed by atoms with Crippen molar-refractivity contribution in [2.45, 2.75) is 51.9 Å². The maximum absolute atomic E-state index is 5.17. The van der Waals surface area contributed by atoms with E-state index in [1.807, 2.05) is 0 Å². The molecule has 0 saturated heterocycles. The van der Waals surface area contributed by atoms with E-state index in [9.17, 15) is 0 Å². The number of aromatic nitrogens is 2. The van der Waals surface area contributed by atoms with E-state index in [1.54, 1.807) is 0 Å². The maximum atomic E-state index is 5.17. The van der Waals surface area contributed by atoms with Gasteiger partial charge in [-0.25, -0.2) is 4.98 Å². The third kappa shape index (κ3) is 2.66. The van der Waals surface area contributed by atoms with Gasteiger partial charge in [-0.05, 0) is 59.1 Å². The fraction of sp³-hybridized carbons (Fsp3) is 0.296. The summed E-state index contributed by atoms with van der Waals surface area (Å²) in [6.07, 6.45) is 1.15. The van der Waals surface area contributed by atoms with Crippen molar-refractivity contribution in [1.29, 1.82) is 0 Å². The van der Waals surface area contributed by atoms with Crippen molar-refractivity contribution in [3.05, 3.63) is 83.4 Å². The molecule has 0 spiro atoms. The minimum absolute atomic E-state index is 0.101. The smallest absolute Gasteiger partial charge is 0.145 e. The SMILES string of the molecule is Cc1cc2nc(-c3ccccc3)n(-c3ccccc3)c2c2c1C(C)(C)CC2(C)C. The summed E-state index contributed by atoms with van der Waals surface area (Å²) < 4.78 is 2.38. The van der Waals surface area contributed by atoms with Crippen LogP contribution in [-0.4, -0.2) is 9.55 Å². The van der Waals surface area contributed by atoms with E-state index in [0.29, 0.717) is 0 Å². The standard InChI is InChI=1S/C27H28N2/c1-18-16-21-24(23-22(18)26(2,3)17-27(23,4)5)29(20-14-10-7-11-15-20)25(28-21)19-12-8-6-9-13-19/h6-16H,17H2,1-5H3. The van der Waals surface area contributed by atoms with Crippen LogP contribution in [-0.2, 0) is 10.8 Å². The first-order chi connectivity index (χ1) is 13.8. The number of imidazole rings is 1. The average molecular weight is 381 g/mol. The van der Waals surface area contributed by atoms with Crippen LogP contribution >= 0.6 is 0 Å². The second-order valence-corrected chi connectivity index (χ2v) is 9.73. The molecular weight excluding hydrogens is 352 g/mol. The molecule has 1 aromatic heterocycles. The van der Waals surface area contributed by atoms with Gasteiger partial charge in [-0.2, -0.15) is 0 Å². The monoisotopic (exact) mass is 380 g/mol. The van der Waals surface area contributed by atoms with E-state index < -0.39 is 0 Å². The minimum Gasteiger partial charge on any atom is -0.292 e. The van der Waals surface area contributed by atoms with E-state index in [1.165, 1.54) is 27.9 Å². The predicted molar refractivity (Wildman–Crippen MR) is 122 cm³/mol. The lowest BCUT2D eigenvalue weighted by atomic mass is 9.81. The number of aryl methyl sites for hydroxylation is 1. The molecule has 0 N–H and O–H groups in total. The molecule has 5 rings (SSSR count). The summed E-state index contributed by atoms with van der Waals surface area (Å²) in [5.41, 5.74) is 9.28. The van der Waals surface area contributed by atoms with Gasteiger partial charge in [-0.15, -0.1) is 0 Å². The summed E-state index contributed by atoms with van der Waals surface area (Å²) in [4.78, 5) is 5.17. The molecular formula is C27H28N2. The van der Waals surface area contributed by atoms with Crippen LogP contribution in [0.4, 0.5) is 0 Å². The molecule has 0 radical (unpaired) electrons. The van der Waals surface area contributed by atoms with Gasteiger partial charge in [0.1, 0.15) is 5.82 Å². The van der Waals surface area contributed by atoms with Crippen LogP contribution < -0.4 is 0 Å². The Morgan fingerprint density at radius 1 is 0.793 bits per heavy atom. The molecule has 2 nitrogen and oxygen atoms in total. The predicted octanol–water partition coefficient (Wildman–Crippen LogP) is 6.96. The summed E-state index contributed by atoms with van der Waals surface area (Å²) in [7, 11) is 0. The minimum atomic E-state index is 0.101. The largest absolute Gasteiger partial charge is 0.292 e. The summed E-state index contributed by atoms with van der Waals surface area (Å²) in [6.45, 7) is 11.8. The highest BCUT2D eigenvalue weighted by Gasteiger charge is 2.45. The zero-order chi connectivity index (χ0) is 20.4. The molecule has 0 aliphatic heterocycles. The van der Waals surface area contributed by atoms with Crippen LogP contribution in [0.25, 0.3) is 28.1 Å². The highest BCUT2D eigenvalue weighted by molar-refractivity contribution is 5.90. The molecule has 1 aliphatic carbocycles. The van der Waals surface area contributed by atoms with Gasteiger partial charge in [-0.3, -0.25) is 4.57 Å². The summed E-state index contributed by atoms with van der Waals surface area (Å²) in [5, 5.41) is 0. The molecule has 146 valence electrons. The molecule has 4 aromatic rings. The molecule has 0 amide bonds. The Labute approximate surface area is 173 Å². The Balaban J connectivity index is 1.98.